The highest BCUT2D eigenvalue weighted by Crippen LogP contribution is 2.21. The van der Waals surface area contributed by atoms with Gasteiger partial charge in [0.2, 0.25) is 18.1 Å². The molecule has 162 valence electrons. The molecule has 1 aromatic carbocycles. The van der Waals surface area contributed by atoms with E-state index in [0.717, 1.165) is 0 Å². The molecule has 2 fully saturated rings. The normalized spacial score (nSPS) is 23.1. The standard InChI is InChI=1S/C20H25N3O7/c1-11-12(5-3-7-15(11)29-2)18(26)21-10-16(24)23-8-4-6-14(23)19(27)22-13-9-17(25)30-20(13)28/h3,5,7,13-14,20,28H,4,6,8-10H2,1-2H3,(H,21,26)(H,22,27)/t13-,14-,20+/m0/s1. The van der Waals surface area contributed by atoms with Crippen LogP contribution < -0.4 is 15.4 Å². The van der Waals surface area contributed by atoms with E-state index >= 15 is 0 Å². The van der Waals surface area contributed by atoms with E-state index in [1.807, 2.05) is 0 Å². The van der Waals surface area contributed by atoms with Gasteiger partial charge in [-0.3, -0.25) is 19.2 Å². The molecule has 0 aromatic heterocycles. The van der Waals surface area contributed by atoms with E-state index in [1.165, 1.54) is 12.0 Å². The second-order valence-electron chi connectivity index (χ2n) is 7.26. The average Bonchev–Trinajstić information content (AvgIpc) is 3.32. The summed E-state index contributed by atoms with van der Waals surface area (Å²) in [7, 11) is 1.51. The monoisotopic (exact) mass is 419 g/mol. The maximum atomic E-state index is 12.6. The second kappa shape index (κ2) is 9.12. The van der Waals surface area contributed by atoms with Crippen LogP contribution in [0.2, 0.25) is 0 Å². The molecule has 3 atom stereocenters. The number of esters is 1. The highest BCUT2D eigenvalue weighted by Gasteiger charge is 2.39. The number of carbonyl (C=O) groups is 4. The van der Waals surface area contributed by atoms with Gasteiger partial charge in [-0.25, -0.2) is 0 Å². The van der Waals surface area contributed by atoms with E-state index < -0.39 is 36.2 Å². The lowest BCUT2D eigenvalue weighted by Gasteiger charge is -2.25. The molecule has 2 saturated heterocycles. The van der Waals surface area contributed by atoms with Gasteiger partial charge in [0.25, 0.3) is 5.91 Å². The third-order valence-electron chi connectivity index (χ3n) is 5.34. The van der Waals surface area contributed by atoms with Crippen LogP contribution in [-0.2, 0) is 19.1 Å². The second-order valence-corrected chi connectivity index (χ2v) is 7.26. The van der Waals surface area contributed by atoms with E-state index in [1.54, 1.807) is 25.1 Å². The first-order valence-electron chi connectivity index (χ1n) is 9.71. The maximum Gasteiger partial charge on any atom is 0.310 e. The summed E-state index contributed by atoms with van der Waals surface area (Å²) in [4.78, 5) is 50.3. The molecule has 2 aliphatic heterocycles. The van der Waals surface area contributed by atoms with Gasteiger partial charge in [-0.05, 0) is 31.9 Å². The number of amides is 3. The summed E-state index contributed by atoms with van der Waals surface area (Å²) >= 11 is 0. The van der Waals surface area contributed by atoms with Gasteiger partial charge in [0.05, 0.1) is 20.1 Å². The number of rotatable bonds is 6. The summed E-state index contributed by atoms with van der Waals surface area (Å²) in [6.45, 7) is 1.88. The topological polar surface area (TPSA) is 134 Å². The number of likely N-dealkylation sites (tertiary alicyclic amines) is 1. The van der Waals surface area contributed by atoms with Gasteiger partial charge in [0, 0.05) is 17.7 Å². The number of ether oxygens (including phenoxy) is 2. The van der Waals surface area contributed by atoms with E-state index in [4.69, 9.17) is 4.74 Å². The van der Waals surface area contributed by atoms with Crippen LogP contribution in [0.15, 0.2) is 18.2 Å². The fourth-order valence-electron chi connectivity index (χ4n) is 3.72. The highest BCUT2D eigenvalue weighted by atomic mass is 16.6. The van der Waals surface area contributed by atoms with Crippen molar-refractivity contribution in [3.8, 4) is 5.75 Å². The quantitative estimate of drug-likeness (QED) is 0.528. The molecule has 30 heavy (non-hydrogen) atoms. The molecule has 3 rings (SSSR count). The van der Waals surface area contributed by atoms with Crippen molar-refractivity contribution in [1.82, 2.24) is 15.5 Å². The Labute approximate surface area is 173 Å². The third-order valence-corrected chi connectivity index (χ3v) is 5.34. The van der Waals surface area contributed by atoms with Crippen LogP contribution in [0.4, 0.5) is 0 Å². The van der Waals surface area contributed by atoms with Gasteiger partial charge in [-0.15, -0.1) is 0 Å². The van der Waals surface area contributed by atoms with Gasteiger partial charge < -0.3 is 30.1 Å². The summed E-state index contributed by atoms with van der Waals surface area (Å²) in [5, 5.41) is 14.8. The SMILES string of the molecule is COc1cccc(C(=O)NCC(=O)N2CCC[C@H]2C(=O)N[C@H]2CC(=O)O[C@H]2O)c1C. The summed E-state index contributed by atoms with van der Waals surface area (Å²) in [6, 6.07) is 3.51. The Hall–Kier alpha value is -3.14. The molecule has 3 N–H and O–H groups in total. The molecule has 0 spiro atoms. The summed E-state index contributed by atoms with van der Waals surface area (Å²) < 4.78 is 9.81. The largest absolute Gasteiger partial charge is 0.496 e. The molecular weight excluding hydrogens is 394 g/mol. The van der Waals surface area contributed by atoms with Gasteiger partial charge in [-0.1, -0.05) is 6.07 Å². The number of cyclic esters (lactones) is 1. The van der Waals surface area contributed by atoms with Crippen LogP contribution >= 0.6 is 0 Å². The molecular formula is C20H25N3O7. The zero-order valence-electron chi connectivity index (χ0n) is 16.8. The summed E-state index contributed by atoms with van der Waals surface area (Å²) in [5.74, 6) is -1.28. The van der Waals surface area contributed by atoms with E-state index in [-0.39, 0.29) is 18.9 Å². The fraction of sp³-hybridized carbons (Fsp3) is 0.500. The van der Waals surface area contributed by atoms with Crippen LogP contribution in [-0.4, -0.2) is 72.3 Å². The first kappa shape index (κ1) is 21.6. The van der Waals surface area contributed by atoms with E-state index in [0.29, 0.717) is 36.3 Å². The van der Waals surface area contributed by atoms with Crippen molar-refractivity contribution in [3.63, 3.8) is 0 Å². The smallest absolute Gasteiger partial charge is 0.310 e. The van der Waals surface area contributed by atoms with Crippen molar-refractivity contribution in [2.45, 2.75) is 44.6 Å². The Morgan fingerprint density at radius 2 is 2.10 bits per heavy atom. The summed E-state index contributed by atoms with van der Waals surface area (Å²) in [5.41, 5.74) is 1.06. The highest BCUT2D eigenvalue weighted by molar-refractivity contribution is 5.98. The van der Waals surface area contributed by atoms with Crippen LogP contribution in [0, 0.1) is 6.92 Å². The predicted molar refractivity (Wildman–Crippen MR) is 103 cm³/mol. The Kier molecular flexibility index (Phi) is 6.56. The number of aliphatic hydroxyl groups excluding tert-OH is 1. The molecule has 0 unspecified atom stereocenters. The Morgan fingerprint density at radius 3 is 2.77 bits per heavy atom. The minimum atomic E-state index is -1.39. The van der Waals surface area contributed by atoms with Crippen molar-refractivity contribution in [2.75, 3.05) is 20.2 Å². The first-order chi connectivity index (χ1) is 14.3. The number of carbonyl (C=O) groups excluding carboxylic acids is 4. The van der Waals surface area contributed by atoms with Crippen molar-refractivity contribution in [1.29, 1.82) is 0 Å². The van der Waals surface area contributed by atoms with Crippen LogP contribution in [0.1, 0.15) is 35.2 Å². The molecule has 10 heteroatoms. The fourth-order valence-corrected chi connectivity index (χ4v) is 3.72. The zero-order chi connectivity index (χ0) is 21.8. The number of nitrogens with one attached hydrogen (secondary N) is 2. The predicted octanol–water partition coefficient (Wildman–Crippen LogP) is -0.525. The van der Waals surface area contributed by atoms with Gasteiger partial charge in [0.1, 0.15) is 17.8 Å². The van der Waals surface area contributed by atoms with Crippen molar-refractivity contribution < 1.29 is 33.8 Å². The Balaban J connectivity index is 1.57. The van der Waals surface area contributed by atoms with Crippen LogP contribution in [0.25, 0.3) is 0 Å². The molecule has 3 amide bonds. The number of hydrogen-bond donors (Lipinski definition) is 3. The minimum Gasteiger partial charge on any atom is -0.496 e. The van der Waals surface area contributed by atoms with Crippen molar-refractivity contribution in [3.05, 3.63) is 29.3 Å². The van der Waals surface area contributed by atoms with E-state index in [9.17, 15) is 24.3 Å². The number of hydrogen-bond acceptors (Lipinski definition) is 7. The van der Waals surface area contributed by atoms with E-state index in [2.05, 4.69) is 15.4 Å². The lowest BCUT2D eigenvalue weighted by molar-refractivity contribution is -0.155. The number of methoxy groups -OCH3 is 1. The number of nitrogens with zero attached hydrogens (tertiary/aromatic N) is 1. The molecule has 1 aromatic rings. The molecule has 10 nitrogen and oxygen atoms in total. The number of benzene rings is 1. The Morgan fingerprint density at radius 1 is 1.33 bits per heavy atom. The van der Waals surface area contributed by atoms with Crippen LogP contribution in [0.3, 0.4) is 0 Å². The lowest BCUT2D eigenvalue weighted by atomic mass is 10.1. The summed E-state index contributed by atoms with van der Waals surface area (Å²) in [6.07, 6.45) is -0.422. The minimum absolute atomic E-state index is 0.122. The van der Waals surface area contributed by atoms with Crippen molar-refractivity contribution >= 4 is 23.7 Å². The van der Waals surface area contributed by atoms with Crippen LogP contribution in [0.5, 0.6) is 5.75 Å². The molecule has 2 heterocycles. The van der Waals surface area contributed by atoms with Gasteiger partial charge in [0.15, 0.2) is 0 Å². The molecule has 0 aliphatic carbocycles. The first-order valence-corrected chi connectivity index (χ1v) is 9.71. The van der Waals surface area contributed by atoms with Gasteiger partial charge in [-0.2, -0.15) is 0 Å². The molecule has 2 aliphatic rings. The maximum absolute atomic E-state index is 12.6. The van der Waals surface area contributed by atoms with Gasteiger partial charge >= 0.3 is 5.97 Å². The molecule has 0 bridgehead atoms. The zero-order valence-corrected chi connectivity index (χ0v) is 16.8. The molecule has 0 radical (unpaired) electrons. The Bertz CT molecular complexity index is 857. The number of aliphatic hydroxyl groups is 1. The third kappa shape index (κ3) is 4.54. The average molecular weight is 419 g/mol. The van der Waals surface area contributed by atoms with Crippen molar-refractivity contribution in [2.24, 2.45) is 0 Å². The molecule has 0 saturated carbocycles. The lowest BCUT2D eigenvalue weighted by Crippen LogP contribution is -2.52.